The summed E-state index contributed by atoms with van der Waals surface area (Å²) in [6.45, 7) is 3.49. The van der Waals surface area contributed by atoms with Crippen molar-refractivity contribution in [1.82, 2.24) is 10.6 Å². The minimum Gasteiger partial charge on any atom is -0.390 e. The van der Waals surface area contributed by atoms with Gasteiger partial charge in [0.15, 0.2) is 0 Å². The third kappa shape index (κ3) is 6.84. The van der Waals surface area contributed by atoms with Gasteiger partial charge in [0.25, 0.3) is 5.91 Å². The summed E-state index contributed by atoms with van der Waals surface area (Å²) >= 11 is 0. The normalized spacial score (nSPS) is 18.3. The predicted molar refractivity (Wildman–Crippen MR) is 136 cm³/mol. The molecular formula is C24H36N4O4S. The largest absolute Gasteiger partial charge is 0.390 e. The lowest BCUT2D eigenvalue weighted by molar-refractivity contribution is 0.0834. The van der Waals surface area contributed by atoms with Crippen LogP contribution in [0.3, 0.4) is 0 Å². The van der Waals surface area contributed by atoms with Crippen molar-refractivity contribution in [2.45, 2.75) is 38.3 Å². The van der Waals surface area contributed by atoms with E-state index in [0.29, 0.717) is 43.1 Å². The first-order chi connectivity index (χ1) is 15.8. The second-order valence-corrected chi connectivity index (χ2v) is 10.5. The van der Waals surface area contributed by atoms with E-state index in [-0.39, 0.29) is 5.91 Å². The van der Waals surface area contributed by atoms with Crippen LogP contribution in [0, 0.1) is 0 Å². The number of likely N-dealkylation sites (N-methyl/N-ethyl adjacent to an activating group) is 1. The summed E-state index contributed by atoms with van der Waals surface area (Å²) in [5.74, 6) is 0.00978. The van der Waals surface area contributed by atoms with E-state index in [4.69, 9.17) is 0 Å². The van der Waals surface area contributed by atoms with Crippen molar-refractivity contribution < 1.29 is 19.0 Å². The number of hydrogen-bond donors (Lipinski definition) is 6. The molecule has 0 saturated carbocycles. The Bertz CT molecular complexity index is 913. The van der Waals surface area contributed by atoms with Crippen molar-refractivity contribution in [2.24, 2.45) is 0 Å². The quantitative estimate of drug-likeness (QED) is 0.312. The molecule has 2 atom stereocenters. The zero-order chi connectivity index (χ0) is 23.8. The Balaban J connectivity index is 1.87. The summed E-state index contributed by atoms with van der Waals surface area (Å²) in [6.07, 6.45) is 1.34. The zero-order valence-corrected chi connectivity index (χ0v) is 20.1. The first-order valence-electron chi connectivity index (χ1n) is 11.4. The van der Waals surface area contributed by atoms with Crippen LogP contribution in [-0.2, 0) is 6.42 Å². The highest BCUT2D eigenvalue weighted by Gasteiger charge is 2.28. The maximum atomic E-state index is 13.3. The number of amides is 1. The summed E-state index contributed by atoms with van der Waals surface area (Å²) in [6, 6.07) is 14.5. The molecule has 0 unspecified atom stereocenters. The summed E-state index contributed by atoms with van der Waals surface area (Å²) < 4.78 is 22.8. The Kier molecular flexibility index (Phi) is 8.99. The third-order valence-electron chi connectivity index (χ3n) is 5.72. The van der Waals surface area contributed by atoms with Crippen LogP contribution < -0.4 is 20.3 Å². The number of nitrogens with one attached hydrogen (secondary N) is 3. The fourth-order valence-corrected chi connectivity index (χ4v) is 5.73. The number of benzene rings is 2. The Hall–Kier alpha value is -2.30. The molecular weight excluding hydrogens is 440 g/mol. The van der Waals surface area contributed by atoms with Gasteiger partial charge in [0.1, 0.15) is 0 Å². The predicted octanol–water partition coefficient (Wildman–Crippen LogP) is 3.31. The number of nitrogens with zero attached hydrogens (tertiary/aromatic N) is 1. The van der Waals surface area contributed by atoms with Gasteiger partial charge in [0, 0.05) is 30.9 Å². The first-order valence-corrected chi connectivity index (χ1v) is 13.1. The van der Waals surface area contributed by atoms with E-state index >= 15 is 0 Å². The molecule has 182 valence electrons. The van der Waals surface area contributed by atoms with Gasteiger partial charge in [-0.15, -0.1) is 10.8 Å². The Morgan fingerprint density at radius 3 is 2.58 bits per heavy atom. The molecule has 1 aliphatic heterocycles. The van der Waals surface area contributed by atoms with Crippen LogP contribution >= 0.6 is 10.8 Å². The molecule has 2 aromatic rings. The number of rotatable bonds is 10. The highest BCUT2D eigenvalue weighted by molar-refractivity contribution is 8.25. The zero-order valence-electron chi connectivity index (χ0n) is 19.3. The number of hydrogen-bond acceptors (Lipinski definition) is 7. The van der Waals surface area contributed by atoms with E-state index in [1.165, 1.54) is 0 Å². The molecule has 1 fully saturated rings. The topological polar surface area (TPSA) is 117 Å². The standard InChI is InChI=1S/C24H36N4O4S/c1-3-26-20-14-19(15-21(16-20)28-11-7-8-12-33(28,31)32)24(30)27-22(23(29)17-25-2)13-18-9-5-4-6-10-18/h4-6,9-10,14-16,22-23,25-26,29,31-32H,3,7-8,11-13,17H2,1-2H3,(H,27,30)/t22-,23-/m0/s1. The van der Waals surface area contributed by atoms with Gasteiger partial charge in [0.05, 0.1) is 23.6 Å². The minimum absolute atomic E-state index is 0.319. The van der Waals surface area contributed by atoms with Gasteiger partial charge in [-0.2, -0.15) is 0 Å². The van der Waals surface area contributed by atoms with Gasteiger partial charge in [-0.3, -0.25) is 18.2 Å². The Morgan fingerprint density at radius 2 is 1.91 bits per heavy atom. The SMILES string of the molecule is CCNc1cc(C(=O)N[C@@H](Cc2ccccc2)[C@@H](O)CNC)cc(N2CCCCS2(O)O)c1. The maximum absolute atomic E-state index is 13.3. The molecule has 1 amide bonds. The lowest BCUT2D eigenvalue weighted by atomic mass is 10.0. The van der Waals surface area contributed by atoms with Gasteiger partial charge >= 0.3 is 0 Å². The first kappa shape index (κ1) is 25.3. The number of aliphatic hydroxyl groups is 1. The van der Waals surface area contributed by atoms with Crippen molar-refractivity contribution in [2.75, 3.05) is 42.1 Å². The smallest absolute Gasteiger partial charge is 0.251 e. The molecule has 6 N–H and O–H groups in total. The fourth-order valence-electron chi connectivity index (χ4n) is 4.05. The molecule has 9 heteroatoms. The lowest BCUT2D eigenvalue weighted by Gasteiger charge is -2.47. The highest BCUT2D eigenvalue weighted by atomic mass is 32.3. The maximum Gasteiger partial charge on any atom is 0.251 e. The van der Waals surface area contributed by atoms with Gasteiger partial charge in [-0.25, -0.2) is 0 Å². The molecule has 1 saturated heterocycles. The molecule has 33 heavy (non-hydrogen) atoms. The summed E-state index contributed by atoms with van der Waals surface area (Å²) in [4.78, 5) is 13.3. The van der Waals surface area contributed by atoms with Gasteiger partial charge in [0.2, 0.25) is 0 Å². The van der Waals surface area contributed by atoms with Crippen molar-refractivity contribution in [3.05, 3.63) is 59.7 Å². The summed E-state index contributed by atoms with van der Waals surface area (Å²) in [5, 5.41) is 19.9. The number of carbonyl (C=O) groups excluding carboxylic acids is 1. The second-order valence-electron chi connectivity index (χ2n) is 8.34. The van der Waals surface area contributed by atoms with Crippen molar-refractivity contribution in [3.8, 4) is 0 Å². The Morgan fingerprint density at radius 1 is 1.15 bits per heavy atom. The molecule has 1 heterocycles. The van der Waals surface area contributed by atoms with Crippen molar-refractivity contribution >= 4 is 28.1 Å². The van der Waals surface area contributed by atoms with Crippen LogP contribution in [0.1, 0.15) is 35.7 Å². The molecule has 3 rings (SSSR count). The van der Waals surface area contributed by atoms with Crippen LogP contribution in [-0.4, -0.2) is 64.7 Å². The number of carbonyl (C=O) groups is 1. The van der Waals surface area contributed by atoms with E-state index in [2.05, 4.69) is 16.0 Å². The molecule has 1 aliphatic rings. The van der Waals surface area contributed by atoms with E-state index in [1.54, 1.807) is 23.5 Å². The van der Waals surface area contributed by atoms with Gasteiger partial charge < -0.3 is 21.1 Å². The van der Waals surface area contributed by atoms with Crippen LogP contribution in [0.15, 0.2) is 48.5 Å². The van der Waals surface area contributed by atoms with Crippen molar-refractivity contribution in [3.63, 3.8) is 0 Å². The summed E-state index contributed by atoms with van der Waals surface area (Å²) in [7, 11) is -1.15. The molecule has 8 nitrogen and oxygen atoms in total. The second kappa shape index (κ2) is 11.7. The molecule has 0 aliphatic carbocycles. The van der Waals surface area contributed by atoms with E-state index < -0.39 is 22.9 Å². The lowest BCUT2D eigenvalue weighted by Crippen LogP contribution is -2.48. The number of anilines is 2. The molecule has 0 radical (unpaired) electrons. The Labute approximate surface area is 197 Å². The molecule has 2 aromatic carbocycles. The minimum atomic E-state index is -2.91. The van der Waals surface area contributed by atoms with E-state index in [0.717, 1.165) is 24.1 Å². The molecule has 0 bridgehead atoms. The van der Waals surface area contributed by atoms with Crippen LogP contribution in [0.2, 0.25) is 0 Å². The van der Waals surface area contributed by atoms with Gasteiger partial charge in [-0.1, -0.05) is 30.3 Å². The highest BCUT2D eigenvalue weighted by Crippen LogP contribution is 2.50. The fraction of sp³-hybridized carbons (Fsp3) is 0.458. The average Bonchev–Trinajstić information content (AvgIpc) is 2.79. The van der Waals surface area contributed by atoms with E-state index in [1.807, 2.05) is 43.3 Å². The van der Waals surface area contributed by atoms with Gasteiger partial charge in [-0.05, 0) is 57.0 Å². The molecule has 0 spiro atoms. The average molecular weight is 477 g/mol. The third-order valence-corrected chi connectivity index (χ3v) is 7.66. The van der Waals surface area contributed by atoms with Crippen LogP contribution in [0.4, 0.5) is 11.4 Å². The summed E-state index contributed by atoms with van der Waals surface area (Å²) in [5.41, 5.74) is 2.76. The monoisotopic (exact) mass is 476 g/mol. The van der Waals surface area contributed by atoms with Crippen molar-refractivity contribution in [1.29, 1.82) is 0 Å². The molecule has 0 aromatic heterocycles. The van der Waals surface area contributed by atoms with E-state index in [9.17, 15) is 19.0 Å². The number of aliphatic hydroxyl groups excluding tert-OH is 1. The van der Waals surface area contributed by atoms with Crippen LogP contribution in [0.25, 0.3) is 0 Å². The van der Waals surface area contributed by atoms with Crippen LogP contribution in [0.5, 0.6) is 0 Å².